The molecule has 1 N–H and O–H groups in total. The molecule has 13 heteroatoms. The van der Waals surface area contributed by atoms with Crippen LogP contribution in [0.1, 0.15) is 22.9 Å². The Hall–Kier alpha value is -3.35. The fourth-order valence-electron chi connectivity index (χ4n) is 3.85. The van der Waals surface area contributed by atoms with Crippen molar-refractivity contribution in [3.8, 4) is 17.3 Å². The third-order valence-electron chi connectivity index (χ3n) is 5.72. The van der Waals surface area contributed by atoms with E-state index in [9.17, 15) is 13.2 Å². The largest absolute Gasteiger partial charge is 0.497 e. The molecule has 0 aliphatic carbocycles. The molecule has 0 radical (unpaired) electrons. The van der Waals surface area contributed by atoms with Crippen LogP contribution in [0.4, 0.5) is 19.1 Å². The van der Waals surface area contributed by atoms with Gasteiger partial charge in [0.25, 0.3) is 0 Å². The number of ether oxygens (including phenoxy) is 2. The predicted molar refractivity (Wildman–Crippen MR) is 148 cm³/mol. The summed E-state index contributed by atoms with van der Waals surface area (Å²) in [5.74, 6) is 0.625. The van der Waals surface area contributed by atoms with Gasteiger partial charge in [0.2, 0.25) is 17.9 Å². The van der Waals surface area contributed by atoms with E-state index in [1.54, 1.807) is 31.7 Å². The average molecular weight is 639 g/mol. The number of hydrogen-bond acceptors (Lipinski definition) is 7. The van der Waals surface area contributed by atoms with E-state index >= 15 is 0 Å². The number of benzene rings is 2. The topological polar surface area (TPSA) is 74.1 Å². The van der Waals surface area contributed by atoms with Gasteiger partial charge in [0.15, 0.2) is 0 Å². The third-order valence-corrected chi connectivity index (χ3v) is 7.82. The molecular formula is C26H20BrClF3N5O2S. The number of hydrogen-bond donors (Lipinski definition) is 1. The molecule has 0 aliphatic heterocycles. The van der Waals surface area contributed by atoms with Gasteiger partial charge in [0.1, 0.15) is 16.0 Å². The number of nitrogens with one attached hydrogen (secondary N) is 1. The molecule has 0 saturated heterocycles. The quantitative estimate of drug-likeness (QED) is 0.186. The van der Waals surface area contributed by atoms with Gasteiger partial charge >= 0.3 is 6.18 Å². The zero-order valence-electron chi connectivity index (χ0n) is 20.5. The molecule has 39 heavy (non-hydrogen) atoms. The van der Waals surface area contributed by atoms with Gasteiger partial charge in [-0.2, -0.15) is 23.3 Å². The van der Waals surface area contributed by atoms with Crippen LogP contribution in [0.2, 0.25) is 5.02 Å². The van der Waals surface area contributed by atoms with E-state index in [2.05, 4.69) is 36.3 Å². The summed E-state index contributed by atoms with van der Waals surface area (Å²) >= 11 is 10.8. The van der Waals surface area contributed by atoms with Gasteiger partial charge in [-0.3, -0.25) is 0 Å². The Kier molecular flexibility index (Phi) is 7.70. The summed E-state index contributed by atoms with van der Waals surface area (Å²) in [5, 5.41) is 9.34. The first kappa shape index (κ1) is 27.2. The molecule has 3 aromatic heterocycles. The molecule has 0 amide bonds. The molecule has 2 aromatic carbocycles. The Morgan fingerprint density at radius 2 is 1.90 bits per heavy atom. The second-order valence-electron chi connectivity index (χ2n) is 8.46. The van der Waals surface area contributed by atoms with Crippen molar-refractivity contribution < 1.29 is 22.6 Å². The van der Waals surface area contributed by atoms with Gasteiger partial charge in [-0.05, 0) is 58.7 Å². The van der Waals surface area contributed by atoms with Crippen molar-refractivity contribution in [1.82, 2.24) is 19.7 Å². The van der Waals surface area contributed by atoms with Crippen molar-refractivity contribution in [3.63, 3.8) is 0 Å². The van der Waals surface area contributed by atoms with E-state index in [0.29, 0.717) is 32.7 Å². The van der Waals surface area contributed by atoms with Crippen LogP contribution >= 0.6 is 38.9 Å². The lowest BCUT2D eigenvalue weighted by Crippen LogP contribution is -2.28. The van der Waals surface area contributed by atoms with E-state index in [4.69, 9.17) is 21.1 Å². The number of aryl methyl sites for hydroxylation is 1. The normalized spacial score (nSPS) is 12.5. The Morgan fingerprint density at radius 1 is 1.13 bits per heavy atom. The van der Waals surface area contributed by atoms with Crippen LogP contribution in [0.3, 0.4) is 0 Å². The number of nitrogens with zero attached hydrogens (tertiary/aromatic N) is 4. The number of alkyl halides is 3. The van der Waals surface area contributed by atoms with Crippen molar-refractivity contribution >= 4 is 55.0 Å². The zero-order valence-corrected chi connectivity index (χ0v) is 23.6. The standard InChI is InChI=1S/C26H20BrClF3N5O2S/c1-14-9-10-36(35-14)20-11-16(28)5-8-18(20)23(26(29,30)31)38-24-22-21(19(27)13-39-22)33-25(34-24)32-12-15-3-6-17(37-2)7-4-15/h3-11,13,23H,12H2,1-2H3,(H,32,33,34)/t23-/m1/s1. The highest BCUT2D eigenvalue weighted by molar-refractivity contribution is 9.10. The second-order valence-corrected chi connectivity index (χ2v) is 10.6. The van der Waals surface area contributed by atoms with Crippen LogP contribution < -0.4 is 14.8 Å². The highest BCUT2D eigenvalue weighted by Crippen LogP contribution is 2.43. The molecule has 202 valence electrons. The van der Waals surface area contributed by atoms with E-state index in [0.717, 1.165) is 5.56 Å². The van der Waals surface area contributed by atoms with Gasteiger partial charge in [-0.1, -0.05) is 29.8 Å². The maximum absolute atomic E-state index is 14.6. The summed E-state index contributed by atoms with van der Waals surface area (Å²) in [5.41, 5.74) is 1.96. The Morgan fingerprint density at radius 3 is 2.56 bits per heavy atom. The molecule has 0 spiro atoms. The molecule has 0 bridgehead atoms. The van der Waals surface area contributed by atoms with Crippen molar-refractivity contribution in [3.05, 3.63) is 86.4 Å². The minimum atomic E-state index is -4.78. The van der Waals surface area contributed by atoms with E-state index in [1.807, 2.05) is 24.3 Å². The molecule has 1 atom stereocenters. The fraction of sp³-hybridized carbons (Fsp3) is 0.192. The first-order chi connectivity index (χ1) is 18.6. The van der Waals surface area contributed by atoms with E-state index in [1.165, 1.54) is 34.2 Å². The summed E-state index contributed by atoms with van der Waals surface area (Å²) in [6, 6.07) is 13.1. The fourth-order valence-corrected chi connectivity index (χ4v) is 5.51. The number of anilines is 1. The molecule has 5 rings (SSSR count). The van der Waals surface area contributed by atoms with Crippen LogP contribution in [-0.2, 0) is 6.54 Å². The van der Waals surface area contributed by atoms with Crippen molar-refractivity contribution in [2.24, 2.45) is 0 Å². The van der Waals surface area contributed by atoms with Gasteiger partial charge in [-0.25, -0.2) is 9.67 Å². The lowest BCUT2D eigenvalue weighted by Gasteiger charge is -2.24. The smallest absolute Gasteiger partial charge is 0.429 e. The van der Waals surface area contributed by atoms with Crippen LogP contribution in [0.15, 0.2) is 64.6 Å². The number of thiophene rings is 1. The summed E-state index contributed by atoms with van der Waals surface area (Å²) in [7, 11) is 1.58. The summed E-state index contributed by atoms with van der Waals surface area (Å²) in [4.78, 5) is 8.83. The molecule has 0 fully saturated rings. The lowest BCUT2D eigenvalue weighted by molar-refractivity contribution is -0.198. The minimum Gasteiger partial charge on any atom is -0.497 e. The highest BCUT2D eigenvalue weighted by atomic mass is 79.9. The highest BCUT2D eigenvalue weighted by Gasteiger charge is 2.45. The zero-order chi connectivity index (χ0) is 27.7. The Labute approximate surface area is 238 Å². The molecular weight excluding hydrogens is 619 g/mol. The first-order valence-electron chi connectivity index (χ1n) is 11.5. The molecule has 5 aromatic rings. The Balaban J connectivity index is 1.53. The van der Waals surface area contributed by atoms with Crippen molar-refractivity contribution in [1.29, 1.82) is 0 Å². The number of fused-ring (bicyclic) bond motifs is 1. The molecule has 3 heterocycles. The summed E-state index contributed by atoms with van der Waals surface area (Å²) in [6.45, 7) is 2.07. The molecule has 7 nitrogen and oxygen atoms in total. The third kappa shape index (κ3) is 5.97. The van der Waals surface area contributed by atoms with Crippen molar-refractivity contribution in [2.45, 2.75) is 25.7 Å². The first-order valence-corrected chi connectivity index (χ1v) is 13.5. The van der Waals surface area contributed by atoms with Crippen LogP contribution in [0, 0.1) is 6.92 Å². The predicted octanol–water partition coefficient (Wildman–Crippen LogP) is 7.90. The number of halogens is 5. The molecule has 0 aliphatic rings. The maximum atomic E-state index is 14.6. The van der Waals surface area contributed by atoms with Gasteiger partial charge in [-0.15, -0.1) is 11.3 Å². The molecule has 0 unspecified atom stereocenters. The van der Waals surface area contributed by atoms with Gasteiger partial charge in [0.05, 0.1) is 23.0 Å². The van der Waals surface area contributed by atoms with Crippen molar-refractivity contribution in [2.75, 3.05) is 12.4 Å². The van der Waals surface area contributed by atoms with Crippen LogP contribution in [0.25, 0.3) is 15.9 Å². The number of aromatic nitrogens is 4. The Bertz CT molecular complexity index is 1620. The van der Waals surface area contributed by atoms with E-state index in [-0.39, 0.29) is 28.1 Å². The summed E-state index contributed by atoms with van der Waals surface area (Å²) in [6.07, 6.45) is -5.58. The van der Waals surface area contributed by atoms with Crippen LogP contribution in [0.5, 0.6) is 11.6 Å². The van der Waals surface area contributed by atoms with E-state index < -0.39 is 12.3 Å². The van der Waals surface area contributed by atoms with Gasteiger partial charge in [0, 0.05) is 28.7 Å². The van der Waals surface area contributed by atoms with Gasteiger partial charge < -0.3 is 14.8 Å². The monoisotopic (exact) mass is 637 g/mol. The lowest BCUT2D eigenvalue weighted by atomic mass is 10.1. The number of rotatable bonds is 8. The average Bonchev–Trinajstić information content (AvgIpc) is 3.51. The SMILES string of the molecule is COc1ccc(CNc2nc(O[C@H](c3ccc(Cl)cc3-n3ccc(C)n3)C(F)(F)F)c3scc(Br)c3n2)cc1. The summed E-state index contributed by atoms with van der Waals surface area (Å²) < 4.78 is 56.9. The van der Waals surface area contributed by atoms with Crippen LogP contribution in [-0.4, -0.2) is 33.0 Å². The maximum Gasteiger partial charge on any atom is 0.429 e. The molecule has 0 saturated carbocycles. The number of methoxy groups -OCH3 is 1. The minimum absolute atomic E-state index is 0.118. The second kappa shape index (κ2) is 11.0.